The zero-order valence-corrected chi connectivity index (χ0v) is 15.6. The van der Waals surface area contributed by atoms with Crippen LogP contribution in [0.5, 0.6) is 5.75 Å². The van der Waals surface area contributed by atoms with Gasteiger partial charge in [-0.1, -0.05) is 22.4 Å². The topological polar surface area (TPSA) is 100 Å². The highest BCUT2D eigenvalue weighted by molar-refractivity contribution is 6.45. The van der Waals surface area contributed by atoms with Gasteiger partial charge in [-0.25, -0.2) is 4.79 Å². The first-order valence-electron chi connectivity index (χ1n) is 8.08. The molecule has 27 heavy (non-hydrogen) atoms. The molecule has 0 saturated carbocycles. The van der Waals surface area contributed by atoms with Crippen LogP contribution in [0.2, 0.25) is 0 Å². The van der Waals surface area contributed by atoms with Gasteiger partial charge in [0.25, 0.3) is 5.90 Å². The summed E-state index contributed by atoms with van der Waals surface area (Å²) in [5.74, 6) is -0.174. The van der Waals surface area contributed by atoms with E-state index in [-0.39, 0.29) is 17.4 Å². The molecule has 0 amide bonds. The molecule has 0 N–H and O–H groups in total. The molecule has 0 bridgehead atoms. The number of carbonyl (C=O) groups excluding carboxylic acids is 1. The summed E-state index contributed by atoms with van der Waals surface area (Å²) >= 11 is 0. The maximum Gasteiger partial charge on any atom is 0.336 e. The third-order valence-corrected chi connectivity index (χ3v) is 3.43. The average Bonchev–Trinajstić information content (AvgIpc) is 2.67. The number of benzene rings is 1. The molecule has 144 valence electrons. The molecule has 0 aromatic heterocycles. The summed E-state index contributed by atoms with van der Waals surface area (Å²) in [4.78, 5) is 26.9. The third-order valence-electron chi connectivity index (χ3n) is 3.43. The highest BCUT2D eigenvalue weighted by Gasteiger charge is 2.23. The number of allylic oxidation sites excluding steroid dienone is 1. The van der Waals surface area contributed by atoms with Gasteiger partial charge in [0.2, 0.25) is 0 Å². The van der Waals surface area contributed by atoms with Crippen LogP contribution in [-0.2, 0) is 24.0 Å². The maximum atomic E-state index is 12.3. The molecule has 0 fully saturated rings. The number of para-hydroxylation sites is 1. The minimum Gasteiger partial charge on any atom is -0.470 e. The lowest BCUT2D eigenvalue weighted by molar-refractivity contribution is -0.129. The Morgan fingerprint density at radius 1 is 1.15 bits per heavy atom. The Morgan fingerprint density at radius 2 is 1.89 bits per heavy atom. The number of nitrogens with zero attached hydrogens (tertiary/aromatic N) is 3. The van der Waals surface area contributed by atoms with Crippen molar-refractivity contribution in [1.82, 2.24) is 0 Å². The number of carbonyl (C=O) groups is 1. The van der Waals surface area contributed by atoms with Gasteiger partial charge in [-0.05, 0) is 36.7 Å². The van der Waals surface area contributed by atoms with Gasteiger partial charge in [0.1, 0.15) is 26.6 Å². The lowest BCUT2D eigenvalue weighted by Crippen LogP contribution is -2.26. The van der Waals surface area contributed by atoms with Gasteiger partial charge in [0, 0.05) is 6.08 Å². The van der Waals surface area contributed by atoms with E-state index in [1.54, 1.807) is 38.1 Å². The highest BCUT2D eigenvalue weighted by atomic mass is 16.7. The third kappa shape index (κ3) is 5.56. The first-order chi connectivity index (χ1) is 13.1. The van der Waals surface area contributed by atoms with E-state index in [2.05, 4.69) is 15.5 Å². The largest absolute Gasteiger partial charge is 0.470 e. The summed E-state index contributed by atoms with van der Waals surface area (Å²) in [6.07, 6.45) is 1.32. The van der Waals surface area contributed by atoms with E-state index < -0.39 is 5.97 Å². The summed E-state index contributed by atoms with van der Waals surface area (Å²) in [6, 6.07) is 6.82. The molecule has 9 heteroatoms. The summed E-state index contributed by atoms with van der Waals surface area (Å²) < 4.78 is 10.9. The number of oxime groups is 3. The van der Waals surface area contributed by atoms with Crippen LogP contribution in [0.1, 0.15) is 19.4 Å². The summed E-state index contributed by atoms with van der Waals surface area (Å²) in [6.45, 7) is 4.11. The van der Waals surface area contributed by atoms with Crippen LogP contribution < -0.4 is 4.74 Å². The molecular weight excluding hydrogens is 354 g/mol. The molecule has 0 saturated heterocycles. The van der Waals surface area contributed by atoms with Crippen molar-refractivity contribution in [2.75, 3.05) is 27.4 Å². The maximum absolute atomic E-state index is 12.3. The van der Waals surface area contributed by atoms with Crippen molar-refractivity contribution in [2.24, 2.45) is 15.5 Å². The zero-order valence-electron chi connectivity index (χ0n) is 15.6. The van der Waals surface area contributed by atoms with Crippen LogP contribution in [0.25, 0.3) is 0 Å². The molecule has 0 spiro atoms. The van der Waals surface area contributed by atoms with Gasteiger partial charge in [0.05, 0.1) is 11.3 Å². The first-order valence-corrected chi connectivity index (χ1v) is 8.08. The van der Waals surface area contributed by atoms with Crippen molar-refractivity contribution in [1.29, 1.82) is 0 Å². The van der Waals surface area contributed by atoms with Crippen LogP contribution in [0.3, 0.4) is 0 Å². The molecule has 1 aromatic carbocycles. The van der Waals surface area contributed by atoms with E-state index in [0.717, 1.165) is 0 Å². The van der Waals surface area contributed by atoms with E-state index in [9.17, 15) is 4.79 Å². The van der Waals surface area contributed by atoms with Gasteiger partial charge in [-0.2, -0.15) is 0 Å². The molecule has 1 heterocycles. The second kappa shape index (κ2) is 9.95. The van der Waals surface area contributed by atoms with Crippen molar-refractivity contribution in [3.05, 3.63) is 41.5 Å². The van der Waals surface area contributed by atoms with Crippen LogP contribution >= 0.6 is 0 Å². The lowest BCUT2D eigenvalue weighted by Gasteiger charge is -2.16. The van der Waals surface area contributed by atoms with Crippen LogP contribution in [0.4, 0.5) is 0 Å². The predicted molar refractivity (Wildman–Crippen MR) is 98.8 cm³/mol. The number of rotatable bonds is 7. The summed E-state index contributed by atoms with van der Waals surface area (Å²) in [5, 5.41) is 11.6. The van der Waals surface area contributed by atoms with Gasteiger partial charge in [-0.15, -0.1) is 0 Å². The van der Waals surface area contributed by atoms with E-state index in [1.165, 1.54) is 20.3 Å². The van der Waals surface area contributed by atoms with Crippen LogP contribution in [0.15, 0.2) is 51.4 Å². The Morgan fingerprint density at radius 3 is 2.56 bits per heavy atom. The fourth-order valence-corrected chi connectivity index (χ4v) is 2.09. The molecule has 1 aliphatic rings. The van der Waals surface area contributed by atoms with Gasteiger partial charge >= 0.3 is 5.97 Å². The van der Waals surface area contributed by atoms with Crippen LogP contribution in [0, 0.1) is 0 Å². The summed E-state index contributed by atoms with van der Waals surface area (Å²) in [7, 11) is 2.82. The minimum absolute atomic E-state index is 0.140. The second-order valence-corrected chi connectivity index (χ2v) is 5.30. The Bertz CT molecular complexity index is 798. The number of ether oxygens (including phenoxy) is 2. The standard InChI is InChI=1S/C18H21N3O6/c1-12(13(2)19-23-3)11-16(22)27-15-8-6-5-7-14(15)17(20-24-4)18-21-26-10-9-25-18/h5-8,11H,9-10H2,1-4H3. The second-order valence-electron chi connectivity index (χ2n) is 5.30. The molecule has 0 aliphatic carbocycles. The molecule has 1 aromatic rings. The molecule has 0 radical (unpaired) electrons. The SMILES string of the molecule is CON=C(C)C(C)=CC(=O)Oc1ccccc1C(=NOC)C1=NOCCO1. The number of hydrogen-bond acceptors (Lipinski definition) is 9. The minimum atomic E-state index is -0.579. The molecule has 0 unspecified atom stereocenters. The fourth-order valence-electron chi connectivity index (χ4n) is 2.09. The average molecular weight is 375 g/mol. The van der Waals surface area contributed by atoms with Crippen molar-refractivity contribution in [3.63, 3.8) is 0 Å². The number of esters is 1. The lowest BCUT2D eigenvalue weighted by atomic mass is 10.1. The fraction of sp³-hybridized carbons (Fsp3) is 0.333. The molecule has 2 rings (SSSR count). The van der Waals surface area contributed by atoms with E-state index in [4.69, 9.17) is 24.0 Å². The zero-order chi connectivity index (χ0) is 19.6. The normalized spacial score (nSPS) is 15.3. The molecule has 1 aliphatic heterocycles. The smallest absolute Gasteiger partial charge is 0.336 e. The Hall–Kier alpha value is -3.36. The molecule has 0 atom stereocenters. The van der Waals surface area contributed by atoms with Crippen molar-refractivity contribution >= 4 is 23.3 Å². The Balaban J connectivity index is 2.30. The van der Waals surface area contributed by atoms with Gasteiger partial charge < -0.3 is 24.0 Å². The molecular formula is C18H21N3O6. The monoisotopic (exact) mass is 375 g/mol. The highest BCUT2D eigenvalue weighted by Crippen LogP contribution is 2.21. The molecule has 9 nitrogen and oxygen atoms in total. The van der Waals surface area contributed by atoms with Gasteiger partial charge in [-0.3, -0.25) is 0 Å². The Labute approximate surface area is 156 Å². The predicted octanol–water partition coefficient (Wildman–Crippen LogP) is 2.27. The van der Waals surface area contributed by atoms with Crippen molar-refractivity contribution < 1.29 is 28.8 Å². The van der Waals surface area contributed by atoms with E-state index >= 15 is 0 Å². The quantitative estimate of drug-likeness (QED) is 0.238. The Kier molecular flexibility index (Phi) is 7.36. The van der Waals surface area contributed by atoms with Crippen molar-refractivity contribution in [2.45, 2.75) is 13.8 Å². The number of hydrogen-bond donors (Lipinski definition) is 0. The first kappa shape index (κ1) is 20.0. The van der Waals surface area contributed by atoms with E-state index in [1.807, 2.05) is 0 Å². The summed E-state index contributed by atoms with van der Waals surface area (Å²) in [5.41, 5.74) is 1.88. The van der Waals surface area contributed by atoms with Crippen molar-refractivity contribution in [3.8, 4) is 5.75 Å². The van der Waals surface area contributed by atoms with E-state index in [0.29, 0.717) is 30.1 Å². The van der Waals surface area contributed by atoms with Gasteiger partial charge in [0.15, 0.2) is 12.3 Å². The van der Waals surface area contributed by atoms with Crippen LogP contribution in [-0.4, -0.2) is 50.7 Å².